The summed E-state index contributed by atoms with van der Waals surface area (Å²) in [7, 11) is 0. The van der Waals surface area contributed by atoms with Gasteiger partial charge < -0.3 is 14.4 Å². The molecule has 5 heteroatoms. The van der Waals surface area contributed by atoms with Crippen LogP contribution < -0.4 is 0 Å². The third-order valence-corrected chi connectivity index (χ3v) is 2.63. The molecule has 0 spiro atoms. The van der Waals surface area contributed by atoms with Gasteiger partial charge in [-0.25, -0.2) is 4.79 Å². The van der Waals surface area contributed by atoms with Crippen molar-refractivity contribution in [3.63, 3.8) is 0 Å². The second-order valence-electron chi connectivity index (χ2n) is 5.54. The van der Waals surface area contributed by atoms with Crippen molar-refractivity contribution in [2.24, 2.45) is 5.92 Å². The van der Waals surface area contributed by atoms with Crippen molar-refractivity contribution >= 4 is 12.1 Å². The summed E-state index contributed by atoms with van der Waals surface area (Å²) < 4.78 is 10.3. The standard InChI is InChI=1S/C14H23NO4/c1-5-18-12(16)11-8-6-7-9-15(10-11)13(17)19-14(2,3)4/h6-7,11H,5,8-10H2,1-4H3/t11-/m0/s1. The maximum absolute atomic E-state index is 12.0. The first-order chi connectivity index (χ1) is 8.83. The Kier molecular flexibility index (Phi) is 5.39. The Morgan fingerprint density at radius 1 is 1.32 bits per heavy atom. The van der Waals surface area contributed by atoms with Crippen LogP contribution >= 0.6 is 0 Å². The van der Waals surface area contributed by atoms with Crippen LogP contribution in [0.2, 0.25) is 0 Å². The number of carbonyl (C=O) groups excluding carboxylic acids is 2. The molecule has 5 nitrogen and oxygen atoms in total. The average Bonchev–Trinajstić information content (AvgIpc) is 2.52. The molecule has 0 saturated carbocycles. The minimum Gasteiger partial charge on any atom is -0.466 e. The van der Waals surface area contributed by atoms with E-state index in [2.05, 4.69) is 0 Å². The summed E-state index contributed by atoms with van der Waals surface area (Å²) in [5.74, 6) is -0.575. The van der Waals surface area contributed by atoms with E-state index in [9.17, 15) is 9.59 Å². The van der Waals surface area contributed by atoms with E-state index < -0.39 is 11.7 Å². The van der Waals surface area contributed by atoms with Crippen LogP contribution in [0, 0.1) is 5.92 Å². The van der Waals surface area contributed by atoms with E-state index in [1.54, 1.807) is 6.92 Å². The van der Waals surface area contributed by atoms with Gasteiger partial charge in [0.15, 0.2) is 0 Å². The van der Waals surface area contributed by atoms with Crippen LogP contribution in [0.1, 0.15) is 34.1 Å². The molecule has 1 heterocycles. The summed E-state index contributed by atoms with van der Waals surface area (Å²) in [6.45, 7) is 8.39. The topological polar surface area (TPSA) is 55.8 Å². The van der Waals surface area contributed by atoms with Gasteiger partial charge in [-0.3, -0.25) is 4.79 Å². The first-order valence-corrected chi connectivity index (χ1v) is 6.63. The van der Waals surface area contributed by atoms with Crippen molar-refractivity contribution in [1.29, 1.82) is 0 Å². The van der Waals surface area contributed by atoms with Crippen LogP contribution in [0.4, 0.5) is 4.79 Å². The Morgan fingerprint density at radius 3 is 2.58 bits per heavy atom. The molecule has 0 radical (unpaired) electrons. The lowest BCUT2D eigenvalue weighted by atomic mass is 10.1. The first kappa shape index (κ1) is 15.5. The molecule has 0 unspecified atom stereocenters. The van der Waals surface area contributed by atoms with E-state index in [1.165, 1.54) is 4.90 Å². The summed E-state index contributed by atoms with van der Waals surface area (Å²) in [4.78, 5) is 25.3. The monoisotopic (exact) mass is 269 g/mol. The summed E-state index contributed by atoms with van der Waals surface area (Å²) in [6.07, 6.45) is 3.99. The van der Waals surface area contributed by atoms with Crippen LogP contribution in [-0.2, 0) is 14.3 Å². The lowest BCUT2D eigenvalue weighted by molar-refractivity contribution is -0.148. The SMILES string of the molecule is CCOC(=O)[C@H]1CC=CCN(C(=O)OC(C)(C)C)C1. The highest BCUT2D eigenvalue weighted by molar-refractivity contribution is 5.75. The number of rotatable bonds is 2. The number of nitrogens with zero attached hydrogens (tertiary/aromatic N) is 1. The minimum absolute atomic E-state index is 0.261. The smallest absolute Gasteiger partial charge is 0.410 e. The van der Waals surface area contributed by atoms with Gasteiger partial charge >= 0.3 is 12.1 Å². The molecule has 0 aromatic carbocycles. The van der Waals surface area contributed by atoms with Gasteiger partial charge in [0.05, 0.1) is 12.5 Å². The van der Waals surface area contributed by atoms with Gasteiger partial charge in [0.25, 0.3) is 0 Å². The maximum Gasteiger partial charge on any atom is 0.410 e. The number of ether oxygens (including phenoxy) is 2. The van der Waals surface area contributed by atoms with E-state index in [1.807, 2.05) is 32.9 Å². The number of amides is 1. The van der Waals surface area contributed by atoms with Crippen molar-refractivity contribution in [2.45, 2.75) is 39.7 Å². The quantitative estimate of drug-likeness (QED) is 0.570. The summed E-state index contributed by atoms with van der Waals surface area (Å²) in [6, 6.07) is 0. The molecule has 0 aromatic rings. The lowest BCUT2D eigenvalue weighted by Gasteiger charge is -2.27. The highest BCUT2D eigenvalue weighted by Crippen LogP contribution is 2.16. The zero-order chi connectivity index (χ0) is 14.5. The molecule has 108 valence electrons. The molecule has 1 aliphatic rings. The van der Waals surface area contributed by atoms with E-state index in [0.29, 0.717) is 26.1 Å². The number of hydrogen-bond acceptors (Lipinski definition) is 4. The Hall–Kier alpha value is -1.52. The van der Waals surface area contributed by atoms with Gasteiger partial charge in [0.1, 0.15) is 5.60 Å². The van der Waals surface area contributed by atoms with Gasteiger partial charge in [-0.05, 0) is 34.1 Å². The average molecular weight is 269 g/mol. The van der Waals surface area contributed by atoms with Crippen LogP contribution in [0.3, 0.4) is 0 Å². The highest BCUT2D eigenvalue weighted by atomic mass is 16.6. The van der Waals surface area contributed by atoms with E-state index in [-0.39, 0.29) is 11.9 Å². The fraction of sp³-hybridized carbons (Fsp3) is 0.714. The molecule has 1 rings (SSSR count). The number of allylic oxidation sites excluding steroid dienone is 1. The number of hydrogen-bond donors (Lipinski definition) is 0. The number of carbonyl (C=O) groups is 2. The van der Waals surface area contributed by atoms with E-state index >= 15 is 0 Å². The van der Waals surface area contributed by atoms with Gasteiger partial charge in [-0.1, -0.05) is 12.2 Å². The predicted octanol–water partition coefficient (Wildman–Crippen LogP) is 2.36. The van der Waals surface area contributed by atoms with Crippen molar-refractivity contribution in [3.05, 3.63) is 12.2 Å². The highest BCUT2D eigenvalue weighted by Gasteiger charge is 2.28. The lowest BCUT2D eigenvalue weighted by Crippen LogP contribution is -2.40. The van der Waals surface area contributed by atoms with E-state index in [0.717, 1.165) is 0 Å². The van der Waals surface area contributed by atoms with Crippen LogP contribution in [0.5, 0.6) is 0 Å². The van der Waals surface area contributed by atoms with Gasteiger partial charge in [0, 0.05) is 13.1 Å². The summed E-state index contributed by atoms with van der Waals surface area (Å²) in [5.41, 5.74) is -0.535. The third-order valence-electron chi connectivity index (χ3n) is 2.63. The maximum atomic E-state index is 12.0. The van der Waals surface area contributed by atoms with Crippen molar-refractivity contribution in [1.82, 2.24) is 4.90 Å². The zero-order valence-corrected chi connectivity index (χ0v) is 12.1. The molecule has 0 bridgehead atoms. The fourth-order valence-electron chi connectivity index (χ4n) is 1.78. The molecule has 0 saturated heterocycles. The normalized spacial score (nSPS) is 19.8. The summed E-state index contributed by atoms with van der Waals surface area (Å²) in [5, 5.41) is 0. The molecule has 1 atom stereocenters. The van der Waals surface area contributed by atoms with Crippen molar-refractivity contribution < 1.29 is 19.1 Å². The Bertz CT molecular complexity index is 357. The summed E-state index contributed by atoms with van der Waals surface area (Å²) >= 11 is 0. The zero-order valence-electron chi connectivity index (χ0n) is 12.1. The molecular formula is C14H23NO4. The predicted molar refractivity (Wildman–Crippen MR) is 71.7 cm³/mol. The Balaban J connectivity index is 2.66. The molecule has 0 N–H and O–H groups in total. The molecule has 0 aliphatic carbocycles. The minimum atomic E-state index is -0.535. The molecule has 0 aromatic heterocycles. The molecule has 19 heavy (non-hydrogen) atoms. The fourth-order valence-corrected chi connectivity index (χ4v) is 1.78. The third kappa shape index (κ3) is 5.32. The van der Waals surface area contributed by atoms with Gasteiger partial charge in [-0.2, -0.15) is 0 Å². The molecule has 1 amide bonds. The first-order valence-electron chi connectivity index (χ1n) is 6.63. The number of esters is 1. The second-order valence-corrected chi connectivity index (χ2v) is 5.54. The van der Waals surface area contributed by atoms with Crippen LogP contribution in [0.15, 0.2) is 12.2 Å². The van der Waals surface area contributed by atoms with Crippen molar-refractivity contribution in [3.8, 4) is 0 Å². The second kappa shape index (κ2) is 6.59. The Labute approximate surface area is 114 Å². The van der Waals surface area contributed by atoms with E-state index in [4.69, 9.17) is 9.47 Å². The van der Waals surface area contributed by atoms with Gasteiger partial charge in [-0.15, -0.1) is 0 Å². The largest absolute Gasteiger partial charge is 0.466 e. The molecular weight excluding hydrogens is 246 g/mol. The molecule has 1 aliphatic heterocycles. The van der Waals surface area contributed by atoms with Crippen LogP contribution in [0.25, 0.3) is 0 Å². The Morgan fingerprint density at radius 2 is 2.00 bits per heavy atom. The van der Waals surface area contributed by atoms with Crippen molar-refractivity contribution in [2.75, 3.05) is 19.7 Å². The van der Waals surface area contributed by atoms with Crippen LogP contribution in [-0.4, -0.2) is 42.3 Å². The van der Waals surface area contributed by atoms with Gasteiger partial charge in [0.2, 0.25) is 0 Å². The molecule has 0 fully saturated rings.